The lowest BCUT2D eigenvalue weighted by Gasteiger charge is -2.52. The van der Waals surface area contributed by atoms with E-state index >= 15 is 0 Å². The molecule has 298 valence electrons. The number of hydrogen-bond acceptors (Lipinski definition) is 8. The molecule has 2 bridgehead atoms. The van der Waals surface area contributed by atoms with E-state index in [4.69, 9.17) is 16.3 Å². The molecule has 3 atom stereocenters. The average Bonchev–Trinajstić information content (AvgIpc) is 3.20. The summed E-state index contributed by atoms with van der Waals surface area (Å²) in [6.45, 7) is 3.89. The van der Waals surface area contributed by atoms with E-state index in [1.54, 1.807) is 24.3 Å². The van der Waals surface area contributed by atoms with Crippen LogP contribution in [-0.4, -0.2) is 70.4 Å². The van der Waals surface area contributed by atoms with Crippen LogP contribution in [0.3, 0.4) is 0 Å². The van der Waals surface area contributed by atoms with Gasteiger partial charge in [0.15, 0.2) is 0 Å². The predicted molar refractivity (Wildman–Crippen MR) is 218 cm³/mol. The minimum atomic E-state index is -0.936. The second kappa shape index (κ2) is 17.0. The molecule has 1 aliphatic carbocycles. The van der Waals surface area contributed by atoms with Gasteiger partial charge in [-0.25, -0.2) is 0 Å². The number of aliphatic carboxylic acids is 1. The second-order valence-corrected chi connectivity index (χ2v) is 16.6. The number of aromatic nitrogens is 1. The number of H-pyrrole nitrogens is 1. The van der Waals surface area contributed by atoms with E-state index in [-0.39, 0.29) is 47.0 Å². The molecule has 0 radical (unpaired) electrons. The van der Waals surface area contributed by atoms with Gasteiger partial charge in [0, 0.05) is 42.6 Å². The van der Waals surface area contributed by atoms with Crippen molar-refractivity contribution in [3.63, 3.8) is 0 Å². The van der Waals surface area contributed by atoms with Gasteiger partial charge < -0.3 is 40.6 Å². The third kappa shape index (κ3) is 8.32. The molecule has 56 heavy (non-hydrogen) atoms. The maximum atomic E-state index is 13.3. The number of aryl methyl sites for hydroxylation is 1. The number of benzene rings is 3. The van der Waals surface area contributed by atoms with Crippen LogP contribution in [0.2, 0.25) is 5.02 Å². The van der Waals surface area contributed by atoms with Gasteiger partial charge in [0.1, 0.15) is 11.5 Å². The maximum Gasteiger partial charge on any atom is 0.314 e. The number of carboxylic acids is 1. The van der Waals surface area contributed by atoms with Gasteiger partial charge >= 0.3 is 5.97 Å². The second-order valence-electron chi connectivity index (χ2n) is 16.2. The number of amides is 1. The van der Waals surface area contributed by atoms with Gasteiger partial charge in [-0.2, -0.15) is 0 Å². The summed E-state index contributed by atoms with van der Waals surface area (Å²) in [7, 11) is 1.53. The zero-order valence-electron chi connectivity index (χ0n) is 32.0. The average molecular weight is 785 g/mol. The van der Waals surface area contributed by atoms with E-state index in [9.17, 15) is 29.7 Å². The smallest absolute Gasteiger partial charge is 0.314 e. The van der Waals surface area contributed by atoms with Gasteiger partial charge in [-0.05, 0) is 117 Å². The van der Waals surface area contributed by atoms with Crippen LogP contribution in [0.15, 0.2) is 65.5 Å². The molecule has 1 aromatic heterocycles. The van der Waals surface area contributed by atoms with E-state index < -0.39 is 17.5 Å². The SMILES string of the molecule is COc1cc(NC(=O)CCCc2cccc(C3(C(=O)O)CCCCC3CC34CCN(CC3)CC4)c2)c(Cl)cc1CNC[C@H](O)c1ccc(O)c2[nH]c(=O)ccc12. The fourth-order valence-corrected chi connectivity index (χ4v) is 9.96. The first-order valence-electron chi connectivity index (χ1n) is 20.0. The van der Waals surface area contributed by atoms with Crippen LogP contribution >= 0.6 is 11.6 Å². The highest BCUT2D eigenvalue weighted by Crippen LogP contribution is 2.53. The number of aliphatic hydroxyl groups is 1. The number of aromatic hydroxyl groups is 1. The molecule has 4 heterocycles. The summed E-state index contributed by atoms with van der Waals surface area (Å²) < 4.78 is 5.62. The number of methoxy groups -OCH3 is 1. The first-order chi connectivity index (χ1) is 27.0. The van der Waals surface area contributed by atoms with Gasteiger partial charge in [-0.15, -0.1) is 0 Å². The molecular weight excluding hydrogens is 732 g/mol. The molecule has 4 aromatic rings. The van der Waals surface area contributed by atoms with Crippen molar-refractivity contribution in [1.82, 2.24) is 15.2 Å². The summed E-state index contributed by atoms with van der Waals surface area (Å²) in [6, 6.07) is 17.5. The molecule has 11 nitrogen and oxygen atoms in total. The molecule has 3 aliphatic heterocycles. The molecule has 3 saturated heterocycles. The van der Waals surface area contributed by atoms with Crippen LogP contribution in [-0.2, 0) is 28.0 Å². The Morgan fingerprint density at radius 1 is 1.04 bits per heavy atom. The van der Waals surface area contributed by atoms with Crippen LogP contribution in [0.1, 0.15) is 92.6 Å². The van der Waals surface area contributed by atoms with E-state index in [1.807, 2.05) is 18.2 Å². The zero-order valence-corrected chi connectivity index (χ0v) is 32.8. The quantitative estimate of drug-likeness (QED) is 0.0740. The highest BCUT2D eigenvalue weighted by Gasteiger charge is 2.52. The van der Waals surface area contributed by atoms with Crippen molar-refractivity contribution in [3.8, 4) is 11.5 Å². The number of piperidine rings is 3. The Bertz CT molecular complexity index is 2120. The van der Waals surface area contributed by atoms with Crippen molar-refractivity contribution >= 4 is 40.1 Å². The highest BCUT2D eigenvalue weighted by molar-refractivity contribution is 6.33. The van der Waals surface area contributed by atoms with Crippen LogP contribution in [0.4, 0.5) is 5.69 Å². The van der Waals surface area contributed by atoms with Gasteiger partial charge in [-0.3, -0.25) is 14.4 Å². The van der Waals surface area contributed by atoms with Gasteiger partial charge in [0.2, 0.25) is 11.5 Å². The molecular formula is C44H53ClN4O7. The summed E-state index contributed by atoms with van der Waals surface area (Å²) >= 11 is 6.64. The number of nitrogens with zero attached hydrogens (tertiary/aromatic N) is 1. The zero-order chi connectivity index (χ0) is 39.5. The van der Waals surface area contributed by atoms with E-state index in [1.165, 1.54) is 38.5 Å². The number of aromatic amines is 1. The maximum absolute atomic E-state index is 13.3. The Morgan fingerprint density at radius 2 is 1.82 bits per heavy atom. The number of phenolic OH excluding ortho intramolecular Hbond substituents is 1. The number of pyridine rings is 1. The largest absolute Gasteiger partial charge is 0.506 e. The summed E-state index contributed by atoms with van der Waals surface area (Å²) in [5, 5.41) is 39.1. The Morgan fingerprint density at radius 3 is 2.57 bits per heavy atom. The van der Waals surface area contributed by atoms with Crippen LogP contribution in [0, 0.1) is 11.3 Å². The Balaban J connectivity index is 0.947. The van der Waals surface area contributed by atoms with Gasteiger partial charge in [0.25, 0.3) is 0 Å². The Labute approximate surface area is 332 Å². The lowest BCUT2D eigenvalue weighted by atomic mass is 9.56. The number of carboxylic acid groups (broad SMARTS) is 1. The van der Waals surface area contributed by atoms with Crippen molar-refractivity contribution in [3.05, 3.63) is 98.3 Å². The number of halogens is 1. The van der Waals surface area contributed by atoms with Crippen molar-refractivity contribution in [1.29, 1.82) is 0 Å². The minimum Gasteiger partial charge on any atom is -0.506 e. The molecule has 1 amide bonds. The molecule has 0 spiro atoms. The number of rotatable bonds is 15. The Kier molecular flexibility index (Phi) is 12.1. The van der Waals surface area contributed by atoms with E-state index in [0.29, 0.717) is 53.2 Å². The standard InChI is InChI=1S/C44H53ClN4O7/c1-56-38-24-35(34(45)23-29(38)26-46-27-37(51)32-11-13-36(50)41-33(32)12-14-40(53)48-41)47-39(52)10-5-7-28-6-4-9-30(22-28)44(42(54)55)15-3-2-8-31(44)25-43-16-19-49(20-17-43)21-18-43/h4,6,9,11-14,22-24,31,37,46,50-51H,2-3,5,7-8,10,15-21,25-27H2,1H3,(H,47,52)(H,48,53)(H,54,55)/t31?,37-,44?/m0/s1. The highest BCUT2D eigenvalue weighted by atomic mass is 35.5. The van der Waals surface area contributed by atoms with Crippen molar-refractivity contribution in [2.24, 2.45) is 11.3 Å². The number of fused-ring (bicyclic) bond motifs is 4. The first-order valence-corrected chi connectivity index (χ1v) is 20.3. The molecule has 1 saturated carbocycles. The summed E-state index contributed by atoms with van der Waals surface area (Å²) in [5.41, 5.74) is 2.97. The summed E-state index contributed by atoms with van der Waals surface area (Å²) in [4.78, 5) is 43.3. The number of anilines is 1. The Hall–Kier alpha value is -4.42. The molecule has 2 unspecified atom stereocenters. The fourth-order valence-electron chi connectivity index (χ4n) is 9.72. The number of carbonyl (C=O) groups is 2. The van der Waals surface area contributed by atoms with Crippen LogP contribution in [0.5, 0.6) is 11.5 Å². The van der Waals surface area contributed by atoms with E-state index in [2.05, 4.69) is 26.6 Å². The number of ether oxygens (including phenoxy) is 1. The monoisotopic (exact) mass is 784 g/mol. The molecule has 6 N–H and O–H groups in total. The number of nitrogens with one attached hydrogen (secondary N) is 3. The summed E-state index contributed by atoms with van der Waals surface area (Å²) in [5.74, 6) is -0.328. The fraction of sp³-hybridized carbons (Fsp3) is 0.477. The predicted octanol–water partition coefficient (Wildman–Crippen LogP) is 7.07. The van der Waals surface area contributed by atoms with Crippen molar-refractivity contribution in [2.75, 3.05) is 38.6 Å². The lowest BCUT2D eigenvalue weighted by Crippen LogP contribution is -2.52. The van der Waals surface area contributed by atoms with Gasteiger partial charge in [0.05, 0.1) is 34.9 Å². The van der Waals surface area contributed by atoms with Crippen LogP contribution in [0.25, 0.3) is 10.9 Å². The number of aliphatic hydroxyl groups excluding tert-OH is 1. The number of hydrogen-bond donors (Lipinski definition) is 6. The molecule has 4 aliphatic rings. The van der Waals surface area contributed by atoms with E-state index in [0.717, 1.165) is 62.0 Å². The molecule has 3 aromatic carbocycles. The first kappa shape index (κ1) is 39.8. The minimum absolute atomic E-state index is 0.0778. The van der Waals surface area contributed by atoms with Gasteiger partial charge in [-0.1, -0.05) is 54.8 Å². The topological polar surface area (TPSA) is 164 Å². The van der Waals surface area contributed by atoms with Crippen LogP contribution < -0.4 is 20.9 Å². The summed E-state index contributed by atoms with van der Waals surface area (Å²) in [6.07, 6.45) is 8.72. The third-order valence-electron chi connectivity index (χ3n) is 12.9. The normalized spacial score (nSPS) is 23.8. The molecule has 12 heteroatoms. The van der Waals surface area contributed by atoms with Crippen molar-refractivity contribution < 1.29 is 29.6 Å². The molecule has 4 fully saturated rings. The lowest BCUT2D eigenvalue weighted by molar-refractivity contribution is -0.149. The third-order valence-corrected chi connectivity index (χ3v) is 13.2. The van der Waals surface area contributed by atoms with Crippen molar-refractivity contribution in [2.45, 2.75) is 88.7 Å². The number of carbonyl (C=O) groups excluding carboxylic acids is 1. The molecule has 8 rings (SSSR count). The number of phenols is 1.